The van der Waals surface area contributed by atoms with Crippen LogP contribution in [0.4, 0.5) is 4.79 Å². The second kappa shape index (κ2) is 6.19. The summed E-state index contributed by atoms with van der Waals surface area (Å²) in [6.07, 6.45) is 0. The van der Waals surface area contributed by atoms with E-state index >= 15 is 0 Å². The van der Waals surface area contributed by atoms with Gasteiger partial charge in [0, 0.05) is 11.4 Å². The standard InChI is InChI=1S/C10H15N3O3S/c1-6(9(14)15)7(2)13-10(16)11-3-8-4-17-5-12-8/h4-7H,3H2,1-2H3,(H,14,15)(H2,11,13,16). The topological polar surface area (TPSA) is 91.3 Å². The predicted molar refractivity (Wildman–Crippen MR) is 63.7 cm³/mol. The molecule has 2 amide bonds. The Kier molecular flexibility index (Phi) is 4.89. The van der Waals surface area contributed by atoms with E-state index in [0.717, 1.165) is 5.69 Å². The number of hydrogen-bond donors (Lipinski definition) is 3. The Morgan fingerprint density at radius 2 is 2.24 bits per heavy atom. The molecule has 6 nitrogen and oxygen atoms in total. The van der Waals surface area contributed by atoms with E-state index in [1.54, 1.807) is 19.4 Å². The van der Waals surface area contributed by atoms with Gasteiger partial charge in [-0.2, -0.15) is 0 Å². The van der Waals surface area contributed by atoms with Gasteiger partial charge in [0.1, 0.15) is 0 Å². The van der Waals surface area contributed by atoms with Crippen LogP contribution in [0, 0.1) is 5.92 Å². The van der Waals surface area contributed by atoms with Crippen LogP contribution in [-0.2, 0) is 11.3 Å². The molecule has 0 spiro atoms. The van der Waals surface area contributed by atoms with E-state index in [4.69, 9.17) is 5.11 Å². The van der Waals surface area contributed by atoms with Crippen molar-refractivity contribution in [1.82, 2.24) is 15.6 Å². The maximum Gasteiger partial charge on any atom is 0.315 e. The molecule has 1 aromatic heterocycles. The molecule has 2 unspecified atom stereocenters. The quantitative estimate of drug-likeness (QED) is 0.735. The van der Waals surface area contributed by atoms with Crippen LogP contribution in [0.15, 0.2) is 10.9 Å². The lowest BCUT2D eigenvalue weighted by molar-refractivity contribution is -0.141. The number of carbonyl (C=O) groups is 2. The Bertz CT molecular complexity index is 380. The van der Waals surface area contributed by atoms with Crippen molar-refractivity contribution in [3.8, 4) is 0 Å². The smallest absolute Gasteiger partial charge is 0.315 e. The highest BCUT2D eigenvalue weighted by atomic mass is 32.1. The number of urea groups is 1. The Hall–Kier alpha value is -1.63. The summed E-state index contributed by atoms with van der Waals surface area (Å²) in [4.78, 5) is 26.1. The largest absolute Gasteiger partial charge is 0.481 e. The monoisotopic (exact) mass is 257 g/mol. The molecule has 0 aliphatic carbocycles. The number of carboxylic acids is 1. The van der Waals surface area contributed by atoms with E-state index in [2.05, 4.69) is 15.6 Å². The Labute approximate surface area is 103 Å². The first-order valence-corrected chi connectivity index (χ1v) is 6.09. The molecule has 0 fully saturated rings. The van der Waals surface area contributed by atoms with Gasteiger partial charge in [-0.15, -0.1) is 11.3 Å². The summed E-state index contributed by atoms with van der Waals surface area (Å²) in [6, 6.07) is -0.818. The lowest BCUT2D eigenvalue weighted by atomic mass is 10.0. The van der Waals surface area contributed by atoms with Gasteiger partial charge in [0.25, 0.3) is 0 Å². The summed E-state index contributed by atoms with van der Waals surface area (Å²) in [5, 5.41) is 15.8. The Balaban J connectivity index is 2.32. The van der Waals surface area contributed by atoms with Crippen molar-refractivity contribution < 1.29 is 14.7 Å². The van der Waals surface area contributed by atoms with E-state index in [-0.39, 0.29) is 0 Å². The van der Waals surface area contributed by atoms with Crippen molar-refractivity contribution in [1.29, 1.82) is 0 Å². The Morgan fingerprint density at radius 1 is 1.53 bits per heavy atom. The molecular formula is C10H15N3O3S. The second-order valence-corrected chi connectivity index (χ2v) is 4.44. The number of nitrogens with one attached hydrogen (secondary N) is 2. The van der Waals surface area contributed by atoms with E-state index in [1.807, 2.05) is 5.38 Å². The van der Waals surface area contributed by atoms with Crippen molar-refractivity contribution >= 4 is 23.3 Å². The molecule has 0 saturated carbocycles. The van der Waals surface area contributed by atoms with E-state index in [0.29, 0.717) is 6.54 Å². The highest BCUT2D eigenvalue weighted by molar-refractivity contribution is 7.07. The van der Waals surface area contributed by atoms with Crippen molar-refractivity contribution in [2.24, 2.45) is 5.92 Å². The molecule has 0 aliphatic rings. The summed E-state index contributed by atoms with van der Waals surface area (Å²) in [6.45, 7) is 3.54. The van der Waals surface area contributed by atoms with Crippen LogP contribution in [0.2, 0.25) is 0 Å². The van der Waals surface area contributed by atoms with Crippen molar-refractivity contribution in [3.05, 3.63) is 16.6 Å². The normalized spacial score (nSPS) is 13.8. The molecule has 17 heavy (non-hydrogen) atoms. The SMILES string of the molecule is CC(NC(=O)NCc1cscn1)C(C)C(=O)O. The highest BCUT2D eigenvalue weighted by Crippen LogP contribution is 2.02. The molecule has 94 valence electrons. The Morgan fingerprint density at radius 3 is 2.76 bits per heavy atom. The second-order valence-electron chi connectivity index (χ2n) is 3.72. The number of aromatic nitrogens is 1. The first kappa shape index (κ1) is 13.4. The minimum atomic E-state index is -0.933. The van der Waals surface area contributed by atoms with Crippen LogP contribution < -0.4 is 10.6 Å². The fourth-order valence-corrected chi connectivity index (χ4v) is 1.65. The lowest BCUT2D eigenvalue weighted by Crippen LogP contribution is -2.45. The molecule has 0 radical (unpaired) electrons. The van der Waals surface area contributed by atoms with Crippen LogP contribution >= 0.6 is 11.3 Å². The molecule has 3 N–H and O–H groups in total. The molecule has 1 rings (SSSR count). The molecule has 0 saturated heterocycles. The molecule has 0 aliphatic heterocycles. The third-order valence-corrected chi connectivity index (χ3v) is 3.05. The first-order chi connectivity index (χ1) is 8.00. The molecule has 0 aromatic carbocycles. The van der Waals surface area contributed by atoms with Crippen LogP contribution in [0.25, 0.3) is 0 Å². The highest BCUT2D eigenvalue weighted by Gasteiger charge is 2.20. The van der Waals surface area contributed by atoms with Gasteiger partial charge in [-0.3, -0.25) is 4.79 Å². The number of carboxylic acid groups (broad SMARTS) is 1. The molecule has 2 atom stereocenters. The zero-order chi connectivity index (χ0) is 12.8. The average molecular weight is 257 g/mol. The van der Waals surface area contributed by atoms with Crippen molar-refractivity contribution in [2.45, 2.75) is 26.4 Å². The van der Waals surface area contributed by atoms with E-state index in [1.165, 1.54) is 11.3 Å². The van der Waals surface area contributed by atoms with Gasteiger partial charge >= 0.3 is 12.0 Å². The molecule has 1 heterocycles. The molecular weight excluding hydrogens is 242 g/mol. The number of rotatable bonds is 5. The van der Waals surface area contributed by atoms with Crippen molar-refractivity contribution in [3.63, 3.8) is 0 Å². The minimum Gasteiger partial charge on any atom is -0.481 e. The number of hydrogen-bond acceptors (Lipinski definition) is 4. The van der Waals surface area contributed by atoms with Crippen LogP contribution in [0.1, 0.15) is 19.5 Å². The zero-order valence-electron chi connectivity index (χ0n) is 9.64. The van der Waals surface area contributed by atoms with Gasteiger partial charge in [-0.05, 0) is 13.8 Å². The first-order valence-electron chi connectivity index (χ1n) is 5.15. The summed E-state index contributed by atoms with van der Waals surface area (Å²) in [7, 11) is 0. The summed E-state index contributed by atoms with van der Waals surface area (Å²) in [5.41, 5.74) is 2.47. The van der Waals surface area contributed by atoms with E-state index < -0.39 is 24.0 Å². The fourth-order valence-electron chi connectivity index (χ4n) is 1.09. The van der Waals surface area contributed by atoms with Gasteiger partial charge in [-0.25, -0.2) is 9.78 Å². The summed E-state index contributed by atoms with van der Waals surface area (Å²) in [5.74, 6) is -1.56. The third kappa shape index (κ3) is 4.39. The number of aliphatic carboxylic acids is 1. The lowest BCUT2D eigenvalue weighted by Gasteiger charge is -2.17. The van der Waals surface area contributed by atoms with Crippen LogP contribution in [0.3, 0.4) is 0 Å². The van der Waals surface area contributed by atoms with Gasteiger partial charge in [0.15, 0.2) is 0 Å². The molecule has 0 bridgehead atoms. The number of nitrogens with zero attached hydrogens (tertiary/aromatic N) is 1. The maximum atomic E-state index is 11.4. The van der Waals surface area contributed by atoms with Gasteiger partial charge in [-0.1, -0.05) is 0 Å². The zero-order valence-corrected chi connectivity index (χ0v) is 10.5. The van der Waals surface area contributed by atoms with Crippen LogP contribution in [-0.4, -0.2) is 28.1 Å². The number of carbonyl (C=O) groups excluding carboxylic acids is 1. The van der Waals surface area contributed by atoms with Gasteiger partial charge in [0.2, 0.25) is 0 Å². The van der Waals surface area contributed by atoms with E-state index in [9.17, 15) is 9.59 Å². The minimum absolute atomic E-state index is 0.337. The maximum absolute atomic E-state index is 11.4. The van der Waals surface area contributed by atoms with Gasteiger partial charge in [0.05, 0.1) is 23.7 Å². The van der Waals surface area contributed by atoms with Gasteiger partial charge < -0.3 is 15.7 Å². The third-order valence-electron chi connectivity index (χ3n) is 2.41. The summed E-state index contributed by atoms with van der Waals surface area (Å²) >= 11 is 1.45. The fraction of sp³-hybridized carbons (Fsp3) is 0.500. The van der Waals surface area contributed by atoms with Crippen LogP contribution in [0.5, 0.6) is 0 Å². The number of amides is 2. The van der Waals surface area contributed by atoms with Crippen molar-refractivity contribution in [2.75, 3.05) is 0 Å². The molecule has 7 heteroatoms. The summed E-state index contributed by atoms with van der Waals surface area (Å²) < 4.78 is 0. The predicted octanol–water partition coefficient (Wildman–Crippen LogP) is 1.05. The average Bonchev–Trinajstić information content (AvgIpc) is 2.77. The number of thiazole rings is 1. The molecule has 1 aromatic rings.